The molecule has 0 aliphatic heterocycles. The molecule has 84 valence electrons. The van der Waals surface area contributed by atoms with Gasteiger partial charge in [0.2, 0.25) is 0 Å². The van der Waals surface area contributed by atoms with Crippen molar-refractivity contribution in [2.45, 2.75) is 17.9 Å². The number of aliphatic hydroxyl groups excluding tert-OH is 1. The predicted octanol–water partition coefficient (Wildman–Crippen LogP) is 3.86. The zero-order valence-corrected chi connectivity index (χ0v) is 10.9. The van der Waals surface area contributed by atoms with Gasteiger partial charge in [-0.2, -0.15) is 0 Å². The Labute approximate surface area is 104 Å². The summed E-state index contributed by atoms with van der Waals surface area (Å²) >= 11 is 3.36. The van der Waals surface area contributed by atoms with Crippen LogP contribution in [0.3, 0.4) is 0 Å². The van der Waals surface area contributed by atoms with E-state index in [1.807, 2.05) is 42.7 Å². The summed E-state index contributed by atoms with van der Waals surface area (Å²) in [6, 6.07) is 12.1. The van der Waals surface area contributed by atoms with Gasteiger partial charge in [0.15, 0.2) is 0 Å². The number of hydrogen-bond acceptors (Lipinski definition) is 3. The Morgan fingerprint density at radius 2 is 1.81 bits per heavy atom. The monoisotopic (exact) mass is 250 g/mol. The average Bonchev–Trinajstić information content (AvgIpc) is 2.75. The molecule has 1 heterocycles. The van der Waals surface area contributed by atoms with Crippen LogP contribution in [-0.2, 0) is 0 Å². The van der Waals surface area contributed by atoms with Crippen molar-refractivity contribution in [3.63, 3.8) is 0 Å². The Morgan fingerprint density at radius 3 is 2.31 bits per heavy atom. The molecular formula is C13H14OS2. The average molecular weight is 250 g/mol. The molecule has 0 fully saturated rings. The van der Waals surface area contributed by atoms with E-state index in [1.165, 1.54) is 9.77 Å². The largest absolute Gasteiger partial charge is 0.383 e. The van der Waals surface area contributed by atoms with Crippen molar-refractivity contribution in [1.82, 2.24) is 0 Å². The summed E-state index contributed by atoms with van der Waals surface area (Å²) in [6.45, 7) is 2.05. The van der Waals surface area contributed by atoms with Gasteiger partial charge < -0.3 is 5.11 Å². The molecular weight excluding hydrogens is 236 g/mol. The van der Waals surface area contributed by atoms with Crippen LogP contribution in [0.15, 0.2) is 41.3 Å². The standard InChI is InChI=1S/C13H14OS2/c1-9-3-8-12(16-9)13(14)10-4-6-11(15-2)7-5-10/h3-8,13-14H,1-2H3. The molecule has 0 spiro atoms. The number of hydrogen-bond donors (Lipinski definition) is 1. The zero-order valence-electron chi connectivity index (χ0n) is 9.31. The highest BCUT2D eigenvalue weighted by molar-refractivity contribution is 7.98. The van der Waals surface area contributed by atoms with Crippen molar-refractivity contribution in [3.8, 4) is 0 Å². The molecule has 0 aliphatic carbocycles. The molecule has 16 heavy (non-hydrogen) atoms. The number of thioether (sulfide) groups is 1. The van der Waals surface area contributed by atoms with E-state index in [1.54, 1.807) is 23.1 Å². The van der Waals surface area contributed by atoms with Crippen molar-refractivity contribution >= 4 is 23.1 Å². The summed E-state index contributed by atoms with van der Waals surface area (Å²) in [6.07, 6.45) is 1.56. The van der Waals surface area contributed by atoms with Gasteiger partial charge >= 0.3 is 0 Å². The summed E-state index contributed by atoms with van der Waals surface area (Å²) < 4.78 is 0. The van der Waals surface area contributed by atoms with Crippen LogP contribution in [0.25, 0.3) is 0 Å². The molecule has 2 rings (SSSR count). The third kappa shape index (κ3) is 2.48. The van der Waals surface area contributed by atoms with Crippen LogP contribution in [0.1, 0.15) is 21.4 Å². The molecule has 1 unspecified atom stereocenters. The molecule has 1 aromatic heterocycles. The van der Waals surface area contributed by atoms with Crippen LogP contribution < -0.4 is 0 Å². The smallest absolute Gasteiger partial charge is 0.113 e. The first kappa shape index (κ1) is 11.7. The lowest BCUT2D eigenvalue weighted by atomic mass is 10.1. The van der Waals surface area contributed by atoms with Gasteiger partial charge in [0, 0.05) is 14.6 Å². The van der Waals surface area contributed by atoms with Crippen LogP contribution in [0.4, 0.5) is 0 Å². The van der Waals surface area contributed by atoms with Crippen molar-refractivity contribution in [3.05, 3.63) is 51.7 Å². The molecule has 2 aromatic rings. The molecule has 0 saturated heterocycles. The van der Waals surface area contributed by atoms with Crippen LogP contribution in [0, 0.1) is 6.92 Å². The predicted molar refractivity (Wildman–Crippen MR) is 71.3 cm³/mol. The molecule has 1 N–H and O–H groups in total. The second-order valence-electron chi connectivity index (χ2n) is 3.62. The molecule has 1 nitrogen and oxygen atoms in total. The summed E-state index contributed by atoms with van der Waals surface area (Å²) in [5, 5.41) is 10.2. The molecule has 0 bridgehead atoms. The maximum atomic E-state index is 10.2. The van der Waals surface area contributed by atoms with E-state index in [-0.39, 0.29) is 0 Å². The number of thiophene rings is 1. The van der Waals surface area contributed by atoms with E-state index in [0.29, 0.717) is 0 Å². The molecule has 0 aliphatic rings. The Kier molecular flexibility index (Phi) is 3.69. The van der Waals surface area contributed by atoms with E-state index < -0.39 is 6.10 Å². The summed E-state index contributed by atoms with van der Waals surface area (Å²) in [7, 11) is 0. The van der Waals surface area contributed by atoms with E-state index in [0.717, 1.165) is 10.4 Å². The van der Waals surface area contributed by atoms with E-state index in [2.05, 4.69) is 6.92 Å². The third-order valence-corrected chi connectivity index (χ3v) is 4.26. The number of aliphatic hydroxyl groups is 1. The quantitative estimate of drug-likeness (QED) is 0.835. The van der Waals surface area contributed by atoms with Gasteiger partial charge in [-0.3, -0.25) is 0 Å². The SMILES string of the molecule is CSc1ccc(C(O)c2ccc(C)s2)cc1. The van der Waals surface area contributed by atoms with Gasteiger partial charge in [0.25, 0.3) is 0 Å². The van der Waals surface area contributed by atoms with Gasteiger partial charge in [-0.1, -0.05) is 12.1 Å². The first-order valence-corrected chi connectivity index (χ1v) is 7.13. The first-order valence-electron chi connectivity index (χ1n) is 5.09. The van der Waals surface area contributed by atoms with Crippen LogP contribution in [-0.4, -0.2) is 11.4 Å². The number of benzene rings is 1. The fourth-order valence-corrected chi connectivity index (χ4v) is 2.85. The highest BCUT2D eigenvalue weighted by atomic mass is 32.2. The molecule has 0 saturated carbocycles. The summed E-state index contributed by atoms with van der Waals surface area (Å²) in [5.74, 6) is 0. The Morgan fingerprint density at radius 1 is 1.12 bits per heavy atom. The van der Waals surface area contributed by atoms with E-state index in [9.17, 15) is 5.11 Å². The highest BCUT2D eigenvalue weighted by Gasteiger charge is 2.11. The van der Waals surface area contributed by atoms with Gasteiger partial charge in [-0.05, 0) is 43.0 Å². The topological polar surface area (TPSA) is 20.2 Å². The van der Waals surface area contributed by atoms with Crippen molar-refractivity contribution < 1.29 is 5.11 Å². The van der Waals surface area contributed by atoms with Crippen molar-refractivity contribution in [2.24, 2.45) is 0 Å². The van der Waals surface area contributed by atoms with Gasteiger partial charge in [0.1, 0.15) is 6.10 Å². The minimum atomic E-state index is -0.491. The fraction of sp³-hybridized carbons (Fsp3) is 0.231. The van der Waals surface area contributed by atoms with Gasteiger partial charge in [0.05, 0.1) is 0 Å². The van der Waals surface area contributed by atoms with Gasteiger partial charge in [-0.15, -0.1) is 23.1 Å². The Hall–Kier alpha value is -0.770. The van der Waals surface area contributed by atoms with Crippen molar-refractivity contribution in [1.29, 1.82) is 0 Å². The van der Waals surface area contributed by atoms with Crippen molar-refractivity contribution in [2.75, 3.05) is 6.26 Å². The van der Waals surface area contributed by atoms with Crippen LogP contribution in [0.5, 0.6) is 0 Å². The number of aryl methyl sites for hydroxylation is 1. The lowest BCUT2D eigenvalue weighted by molar-refractivity contribution is 0.224. The maximum absolute atomic E-state index is 10.2. The fourth-order valence-electron chi connectivity index (χ4n) is 1.55. The zero-order chi connectivity index (χ0) is 11.5. The molecule has 1 aromatic carbocycles. The minimum Gasteiger partial charge on any atom is -0.383 e. The van der Waals surface area contributed by atoms with Crippen LogP contribution >= 0.6 is 23.1 Å². The Bertz CT molecular complexity index is 459. The first-order chi connectivity index (χ1) is 7.70. The van der Waals surface area contributed by atoms with Crippen LogP contribution in [0.2, 0.25) is 0 Å². The normalized spacial score (nSPS) is 12.7. The molecule has 3 heteroatoms. The van der Waals surface area contributed by atoms with E-state index in [4.69, 9.17) is 0 Å². The highest BCUT2D eigenvalue weighted by Crippen LogP contribution is 2.29. The minimum absolute atomic E-state index is 0.491. The van der Waals surface area contributed by atoms with Gasteiger partial charge in [-0.25, -0.2) is 0 Å². The lowest BCUT2D eigenvalue weighted by Crippen LogP contribution is -1.96. The van der Waals surface area contributed by atoms with E-state index >= 15 is 0 Å². The summed E-state index contributed by atoms with van der Waals surface area (Å²) in [5.41, 5.74) is 0.958. The molecule has 0 radical (unpaired) electrons. The lowest BCUT2D eigenvalue weighted by Gasteiger charge is -2.09. The second kappa shape index (κ2) is 5.04. The Balaban J connectivity index is 2.23. The third-order valence-electron chi connectivity index (χ3n) is 2.46. The summed E-state index contributed by atoms with van der Waals surface area (Å²) in [4.78, 5) is 3.46. The number of rotatable bonds is 3. The molecule has 1 atom stereocenters. The maximum Gasteiger partial charge on any atom is 0.113 e. The second-order valence-corrected chi connectivity index (χ2v) is 5.82. The molecule has 0 amide bonds.